The van der Waals surface area contributed by atoms with E-state index in [9.17, 15) is 4.79 Å². The number of rotatable bonds is 3. The van der Waals surface area contributed by atoms with Crippen molar-refractivity contribution >= 4 is 22.6 Å². The molecule has 1 N–H and O–H groups in total. The van der Waals surface area contributed by atoms with Crippen molar-refractivity contribution in [2.75, 3.05) is 5.32 Å². The molecule has 98 valence electrons. The lowest BCUT2D eigenvalue weighted by atomic mass is 10.2. The average molecular weight is 281 g/mol. The predicted octanol–water partition coefficient (Wildman–Crippen LogP) is 3.46. The summed E-state index contributed by atoms with van der Waals surface area (Å²) in [5.41, 5.74) is 1.54. The SMILES string of the molecule is O=C(Nc1nc(-c2ccccc2)ns1)c1ccccc1. The summed E-state index contributed by atoms with van der Waals surface area (Å²) in [6, 6.07) is 18.7. The number of nitrogens with one attached hydrogen (secondary N) is 1. The molecule has 1 amide bonds. The molecule has 3 rings (SSSR count). The lowest BCUT2D eigenvalue weighted by Crippen LogP contribution is -2.11. The Morgan fingerprint density at radius 3 is 2.30 bits per heavy atom. The van der Waals surface area contributed by atoms with Gasteiger partial charge in [0.05, 0.1) is 0 Å². The van der Waals surface area contributed by atoms with Crippen LogP contribution in [-0.4, -0.2) is 15.3 Å². The molecule has 20 heavy (non-hydrogen) atoms. The summed E-state index contributed by atoms with van der Waals surface area (Å²) in [5, 5.41) is 3.25. The molecule has 4 nitrogen and oxygen atoms in total. The maximum Gasteiger partial charge on any atom is 0.257 e. The van der Waals surface area contributed by atoms with Gasteiger partial charge in [0.25, 0.3) is 5.91 Å². The van der Waals surface area contributed by atoms with E-state index in [0.717, 1.165) is 5.56 Å². The fourth-order valence-corrected chi connectivity index (χ4v) is 2.32. The van der Waals surface area contributed by atoms with E-state index in [1.54, 1.807) is 12.1 Å². The lowest BCUT2D eigenvalue weighted by molar-refractivity contribution is 0.102. The van der Waals surface area contributed by atoms with Gasteiger partial charge < -0.3 is 0 Å². The summed E-state index contributed by atoms with van der Waals surface area (Å²) in [4.78, 5) is 16.3. The van der Waals surface area contributed by atoms with Crippen LogP contribution < -0.4 is 5.32 Å². The molecule has 1 aromatic heterocycles. The Bertz CT molecular complexity index is 710. The predicted molar refractivity (Wildman–Crippen MR) is 79.7 cm³/mol. The van der Waals surface area contributed by atoms with E-state index in [1.807, 2.05) is 48.5 Å². The summed E-state index contributed by atoms with van der Waals surface area (Å²) in [6.45, 7) is 0. The highest BCUT2D eigenvalue weighted by atomic mass is 32.1. The maximum atomic E-state index is 12.0. The molecule has 5 heteroatoms. The Morgan fingerprint density at radius 2 is 1.60 bits per heavy atom. The molecule has 0 aliphatic carbocycles. The Morgan fingerprint density at radius 1 is 0.950 bits per heavy atom. The topological polar surface area (TPSA) is 54.9 Å². The number of carbonyl (C=O) groups excluding carboxylic acids is 1. The summed E-state index contributed by atoms with van der Waals surface area (Å²) >= 11 is 1.17. The Balaban J connectivity index is 1.77. The number of anilines is 1. The molecule has 0 atom stereocenters. The molecule has 0 radical (unpaired) electrons. The summed E-state index contributed by atoms with van der Waals surface area (Å²) in [7, 11) is 0. The maximum absolute atomic E-state index is 12.0. The molecule has 0 saturated heterocycles. The minimum atomic E-state index is -0.179. The van der Waals surface area contributed by atoms with Crippen LogP contribution in [0.3, 0.4) is 0 Å². The third-order valence-electron chi connectivity index (χ3n) is 2.71. The van der Waals surface area contributed by atoms with Crippen molar-refractivity contribution < 1.29 is 4.79 Å². The molecule has 0 saturated carbocycles. The Hall–Kier alpha value is -2.53. The quantitative estimate of drug-likeness (QED) is 0.800. The van der Waals surface area contributed by atoms with Crippen molar-refractivity contribution in [3.63, 3.8) is 0 Å². The molecule has 0 fully saturated rings. The van der Waals surface area contributed by atoms with Gasteiger partial charge in [0.15, 0.2) is 5.82 Å². The van der Waals surface area contributed by atoms with Crippen LogP contribution >= 0.6 is 11.5 Å². The fraction of sp³-hybridized carbons (Fsp3) is 0. The summed E-state index contributed by atoms with van der Waals surface area (Å²) in [5.74, 6) is 0.445. The largest absolute Gasteiger partial charge is 0.297 e. The van der Waals surface area contributed by atoms with Crippen LogP contribution in [0.15, 0.2) is 60.7 Å². The number of nitrogens with zero attached hydrogens (tertiary/aromatic N) is 2. The third-order valence-corrected chi connectivity index (χ3v) is 3.34. The number of hydrogen-bond acceptors (Lipinski definition) is 4. The third kappa shape index (κ3) is 2.73. The first-order chi connectivity index (χ1) is 9.83. The van der Waals surface area contributed by atoms with Crippen molar-refractivity contribution in [3.8, 4) is 11.4 Å². The van der Waals surface area contributed by atoms with Gasteiger partial charge in [0.1, 0.15) is 0 Å². The van der Waals surface area contributed by atoms with Gasteiger partial charge in [0, 0.05) is 22.7 Å². The van der Waals surface area contributed by atoms with Crippen LogP contribution in [0.4, 0.5) is 5.13 Å². The van der Waals surface area contributed by atoms with Crippen molar-refractivity contribution in [1.29, 1.82) is 0 Å². The van der Waals surface area contributed by atoms with E-state index in [1.165, 1.54) is 11.5 Å². The van der Waals surface area contributed by atoms with Gasteiger partial charge in [-0.2, -0.15) is 9.36 Å². The van der Waals surface area contributed by atoms with E-state index in [-0.39, 0.29) is 5.91 Å². The second-order valence-electron chi connectivity index (χ2n) is 4.11. The van der Waals surface area contributed by atoms with Crippen molar-refractivity contribution in [3.05, 3.63) is 66.2 Å². The fourth-order valence-electron chi connectivity index (χ4n) is 1.74. The van der Waals surface area contributed by atoms with E-state index in [0.29, 0.717) is 16.5 Å². The van der Waals surface area contributed by atoms with Gasteiger partial charge in [-0.3, -0.25) is 10.1 Å². The molecular weight excluding hydrogens is 270 g/mol. The zero-order valence-corrected chi connectivity index (χ0v) is 11.3. The van der Waals surface area contributed by atoms with Gasteiger partial charge in [-0.1, -0.05) is 48.5 Å². The first kappa shape index (κ1) is 12.5. The van der Waals surface area contributed by atoms with Gasteiger partial charge in [0.2, 0.25) is 5.13 Å². The van der Waals surface area contributed by atoms with Crippen molar-refractivity contribution in [2.45, 2.75) is 0 Å². The number of carbonyl (C=O) groups is 1. The lowest BCUT2D eigenvalue weighted by Gasteiger charge is -1.99. The van der Waals surface area contributed by atoms with E-state index in [4.69, 9.17) is 0 Å². The average Bonchev–Trinajstić information content (AvgIpc) is 2.97. The van der Waals surface area contributed by atoms with Gasteiger partial charge in [-0.25, -0.2) is 0 Å². The van der Waals surface area contributed by atoms with Crippen LogP contribution in [0.2, 0.25) is 0 Å². The molecule has 3 aromatic rings. The first-order valence-electron chi connectivity index (χ1n) is 6.08. The molecule has 0 unspecified atom stereocenters. The number of hydrogen-bond donors (Lipinski definition) is 1. The van der Waals surface area contributed by atoms with Crippen LogP contribution in [0, 0.1) is 0 Å². The summed E-state index contributed by atoms with van der Waals surface area (Å²) < 4.78 is 4.25. The van der Waals surface area contributed by atoms with Gasteiger partial charge >= 0.3 is 0 Å². The van der Waals surface area contributed by atoms with Crippen LogP contribution in [0.25, 0.3) is 11.4 Å². The Labute approximate surface area is 120 Å². The number of amides is 1. The molecule has 0 bridgehead atoms. The van der Waals surface area contributed by atoms with Crippen LogP contribution in [-0.2, 0) is 0 Å². The van der Waals surface area contributed by atoms with Crippen LogP contribution in [0.1, 0.15) is 10.4 Å². The molecule has 1 heterocycles. The van der Waals surface area contributed by atoms with Gasteiger partial charge in [-0.05, 0) is 12.1 Å². The molecular formula is C15H11N3OS. The molecule has 0 aliphatic rings. The molecule has 0 aliphatic heterocycles. The number of benzene rings is 2. The van der Waals surface area contributed by atoms with Crippen molar-refractivity contribution in [1.82, 2.24) is 9.36 Å². The minimum absolute atomic E-state index is 0.179. The Kier molecular flexibility index (Phi) is 3.52. The van der Waals surface area contributed by atoms with E-state index >= 15 is 0 Å². The van der Waals surface area contributed by atoms with E-state index < -0.39 is 0 Å². The highest BCUT2D eigenvalue weighted by molar-refractivity contribution is 7.10. The monoisotopic (exact) mass is 281 g/mol. The second-order valence-corrected chi connectivity index (χ2v) is 4.86. The van der Waals surface area contributed by atoms with E-state index in [2.05, 4.69) is 14.7 Å². The normalized spacial score (nSPS) is 10.2. The zero-order valence-electron chi connectivity index (χ0n) is 10.5. The molecule has 2 aromatic carbocycles. The number of aromatic nitrogens is 2. The molecule has 0 spiro atoms. The zero-order chi connectivity index (χ0) is 13.8. The second kappa shape index (κ2) is 5.63. The minimum Gasteiger partial charge on any atom is -0.297 e. The highest BCUT2D eigenvalue weighted by Crippen LogP contribution is 2.21. The van der Waals surface area contributed by atoms with Crippen LogP contribution in [0.5, 0.6) is 0 Å². The first-order valence-corrected chi connectivity index (χ1v) is 6.86. The smallest absolute Gasteiger partial charge is 0.257 e. The highest BCUT2D eigenvalue weighted by Gasteiger charge is 2.10. The standard InChI is InChI=1S/C15H11N3OS/c19-14(12-9-5-2-6-10-12)17-15-16-13(18-20-15)11-7-3-1-4-8-11/h1-10H,(H,16,17,18,19). The summed E-state index contributed by atoms with van der Waals surface area (Å²) in [6.07, 6.45) is 0. The van der Waals surface area contributed by atoms with Crippen molar-refractivity contribution in [2.24, 2.45) is 0 Å². The van der Waals surface area contributed by atoms with Gasteiger partial charge in [-0.15, -0.1) is 0 Å².